The number of allylic oxidation sites excluding steroid dienone is 2. The fraction of sp³-hybridized carbons (Fsp3) is 0.217. The second kappa shape index (κ2) is 7.59. The molecule has 0 radical (unpaired) electrons. The molecule has 30 heavy (non-hydrogen) atoms. The van der Waals surface area contributed by atoms with Crippen molar-refractivity contribution in [1.82, 2.24) is 14.8 Å². The minimum atomic E-state index is -0.302. The molecule has 1 aliphatic rings. The van der Waals surface area contributed by atoms with E-state index in [9.17, 15) is 4.79 Å². The minimum Gasteiger partial charge on any atom is -0.361 e. The molecule has 2 N–H and O–H groups in total. The summed E-state index contributed by atoms with van der Waals surface area (Å²) in [7, 11) is 0. The molecule has 0 spiro atoms. The highest BCUT2D eigenvalue weighted by atomic mass is 16.1. The van der Waals surface area contributed by atoms with Crippen LogP contribution in [0.15, 0.2) is 72.1 Å². The number of nitrogens with one attached hydrogen (secondary N) is 2. The predicted molar refractivity (Wildman–Crippen MR) is 121 cm³/mol. The number of hydrogen-bond donors (Lipinski definition) is 2. The van der Waals surface area contributed by atoms with E-state index >= 15 is 0 Å². The summed E-state index contributed by atoms with van der Waals surface area (Å²) in [4.78, 5) is 21.5. The van der Waals surface area contributed by atoms with Gasteiger partial charge in [0.05, 0.1) is 29.0 Å². The van der Waals surface area contributed by atoms with Crippen LogP contribution in [0.5, 0.6) is 0 Å². The second-order valence-electron chi connectivity index (χ2n) is 7.88. The number of aromatic nitrogens is 3. The number of aliphatic imine (C=N–C) groups is 1. The summed E-state index contributed by atoms with van der Waals surface area (Å²) >= 11 is 0. The fourth-order valence-electron chi connectivity index (χ4n) is 3.84. The van der Waals surface area contributed by atoms with Crippen LogP contribution in [-0.2, 0) is 5.54 Å². The number of rotatable bonds is 5. The van der Waals surface area contributed by atoms with Crippen LogP contribution in [0, 0.1) is 0 Å². The van der Waals surface area contributed by atoms with E-state index in [1.165, 1.54) is 0 Å². The normalized spacial score (nSPS) is 17.7. The molecule has 152 valence electrons. The van der Waals surface area contributed by atoms with Gasteiger partial charge in [0.2, 0.25) is 0 Å². The molecular formula is C23H24N6O. The van der Waals surface area contributed by atoms with Gasteiger partial charge < -0.3 is 10.6 Å². The lowest BCUT2D eigenvalue weighted by Crippen LogP contribution is -2.42. The van der Waals surface area contributed by atoms with Gasteiger partial charge in [-0.25, -0.2) is 4.68 Å². The lowest BCUT2D eigenvalue weighted by Gasteiger charge is -2.38. The number of nitrogens with zero attached hydrogens (tertiary/aromatic N) is 4. The highest BCUT2D eigenvalue weighted by molar-refractivity contribution is 6.08. The molecule has 1 atom stereocenters. The zero-order valence-corrected chi connectivity index (χ0v) is 17.1. The molecular weight excluding hydrogens is 376 g/mol. The van der Waals surface area contributed by atoms with Gasteiger partial charge in [-0.3, -0.25) is 14.8 Å². The number of carbonyl (C=O) groups excluding carboxylic acids is 1. The summed E-state index contributed by atoms with van der Waals surface area (Å²) in [5, 5.41) is 11.8. The third-order valence-electron chi connectivity index (χ3n) is 5.29. The number of hydrogen-bond acceptors (Lipinski definition) is 5. The maximum atomic E-state index is 13.1. The molecule has 0 saturated carbocycles. The smallest absolute Gasteiger partial charge is 0.261 e. The Kier molecular flexibility index (Phi) is 4.95. The molecule has 1 aromatic carbocycles. The molecule has 1 aliphatic heterocycles. The topological polar surface area (TPSA) is 84.2 Å². The van der Waals surface area contributed by atoms with Crippen molar-refractivity contribution >= 4 is 35.0 Å². The van der Waals surface area contributed by atoms with E-state index in [0.29, 0.717) is 17.1 Å². The summed E-state index contributed by atoms with van der Waals surface area (Å²) in [5.41, 5.74) is 2.53. The molecule has 1 amide bonds. The summed E-state index contributed by atoms with van der Waals surface area (Å²) in [5.74, 6) is 0.430. The second-order valence-corrected chi connectivity index (χ2v) is 7.88. The summed E-state index contributed by atoms with van der Waals surface area (Å²) in [6, 6.07) is 9.37. The van der Waals surface area contributed by atoms with E-state index in [1.54, 1.807) is 18.5 Å². The Morgan fingerprint density at radius 1 is 1.40 bits per heavy atom. The Labute approximate surface area is 175 Å². The van der Waals surface area contributed by atoms with Crippen LogP contribution in [0.3, 0.4) is 0 Å². The number of fused-ring (bicyclic) bond motifs is 2. The first-order valence-electron chi connectivity index (χ1n) is 9.73. The molecule has 0 saturated heterocycles. The molecule has 2 aromatic heterocycles. The number of amides is 1. The van der Waals surface area contributed by atoms with Crippen LogP contribution >= 0.6 is 0 Å². The average molecular weight is 400 g/mol. The van der Waals surface area contributed by atoms with Crippen molar-refractivity contribution in [2.75, 3.05) is 10.6 Å². The summed E-state index contributed by atoms with van der Waals surface area (Å²) in [6.45, 7) is 11.6. The van der Waals surface area contributed by atoms with Gasteiger partial charge in [0.15, 0.2) is 0 Å². The first-order valence-corrected chi connectivity index (χ1v) is 9.73. The molecule has 0 fully saturated rings. The summed E-state index contributed by atoms with van der Waals surface area (Å²) in [6.07, 6.45) is 7.61. The van der Waals surface area contributed by atoms with Crippen molar-refractivity contribution in [3.05, 3.63) is 72.7 Å². The first-order chi connectivity index (χ1) is 14.4. The highest BCUT2D eigenvalue weighted by Gasteiger charge is 2.37. The number of carbonyl (C=O) groups is 1. The van der Waals surface area contributed by atoms with Gasteiger partial charge in [-0.05, 0) is 57.3 Å². The number of pyridine rings is 1. The minimum absolute atomic E-state index is 0.0991. The van der Waals surface area contributed by atoms with Gasteiger partial charge in [-0.2, -0.15) is 5.10 Å². The van der Waals surface area contributed by atoms with Crippen molar-refractivity contribution < 1.29 is 4.79 Å². The zero-order chi connectivity index (χ0) is 21.3. The van der Waals surface area contributed by atoms with Crippen LogP contribution in [0.2, 0.25) is 0 Å². The van der Waals surface area contributed by atoms with E-state index in [0.717, 1.165) is 23.0 Å². The van der Waals surface area contributed by atoms with Gasteiger partial charge >= 0.3 is 0 Å². The van der Waals surface area contributed by atoms with Crippen LogP contribution in [0.25, 0.3) is 10.9 Å². The van der Waals surface area contributed by atoms with E-state index in [2.05, 4.69) is 52.9 Å². The molecule has 3 heterocycles. The van der Waals surface area contributed by atoms with Crippen LogP contribution in [-0.4, -0.2) is 33.4 Å². The van der Waals surface area contributed by atoms with Gasteiger partial charge in [0, 0.05) is 17.3 Å². The Morgan fingerprint density at radius 3 is 3.00 bits per heavy atom. The molecule has 4 rings (SSSR count). The van der Waals surface area contributed by atoms with Gasteiger partial charge in [-0.1, -0.05) is 18.7 Å². The first kappa shape index (κ1) is 19.6. The average Bonchev–Trinajstić information content (AvgIpc) is 3.16. The SMILES string of the molecule is C=C/C=C(\N=C)C1CC(C)(C)n2ncc(C(=O)Nc3ccc4ncccc4c3)c2N1. The lowest BCUT2D eigenvalue weighted by atomic mass is 9.91. The monoisotopic (exact) mass is 400 g/mol. The molecule has 3 aromatic rings. The van der Waals surface area contributed by atoms with Crippen LogP contribution < -0.4 is 10.6 Å². The zero-order valence-electron chi connectivity index (χ0n) is 17.1. The molecule has 7 nitrogen and oxygen atoms in total. The van der Waals surface area contributed by atoms with E-state index < -0.39 is 0 Å². The standard InChI is InChI=1S/C23H24N6O/c1-5-7-19(24-4)20-13-23(2,3)29-21(28-20)17(14-26-29)22(30)27-16-9-10-18-15(12-16)8-6-11-25-18/h5-12,14,20,28H,1,4,13H2,2-3H3,(H,27,30)/b19-7-. The molecule has 0 bridgehead atoms. The van der Waals surface area contributed by atoms with Crippen LogP contribution in [0.1, 0.15) is 30.6 Å². The third kappa shape index (κ3) is 3.50. The number of anilines is 2. The Morgan fingerprint density at radius 2 is 2.23 bits per heavy atom. The van der Waals surface area contributed by atoms with E-state index in [-0.39, 0.29) is 17.5 Å². The van der Waals surface area contributed by atoms with Gasteiger partial charge in [-0.15, -0.1) is 0 Å². The lowest BCUT2D eigenvalue weighted by molar-refractivity contribution is 0.102. The van der Waals surface area contributed by atoms with E-state index in [4.69, 9.17) is 0 Å². The highest BCUT2D eigenvalue weighted by Crippen LogP contribution is 2.36. The van der Waals surface area contributed by atoms with Crippen molar-refractivity contribution in [3.63, 3.8) is 0 Å². The van der Waals surface area contributed by atoms with Crippen molar-refractivity contribution in [2.45, 2.75) is 31.8 Å². The van der Waals surface area contributed by atoms with Crippen molar-refractivity contribution in [3.8, 4) is 0 Å². The largest absolute Gasteiger partial charge is 0.361 e. The fourth-order valence-corrected chi connectivity index (χ4v) is 3.84. The van der Waals surface area contributed by atoms with Gasteiger partial charge in [0.1, 0.15) is 11.4 Å². The molecule has 7 heteroatoms. The Hall–Kier alpha value is -3.74. The maximum absolute atomic E-state index is 13.1. The molecule has 0 aliphatic carbocycles. The van der Waals surface area contributed by atoms with Gasteiger partial charge in [0.25, 0.3) is 5.91 Å². The number of benzene rings is 1. The van der Waals surface area contributed by atoms with Crippen molar-refractivity contribution in [2.24, 2.45) is 4.99 Å². The Bertz CT molecular complexity index is 1170. The van der Waals surface area contributed by atoms with Crippen molar-refractivity contribution in [1.29, 1.82) is 0 Å². The summed E-state index contributed by atoms with van der Waals surface area (Å²) < 4.78 is 1.86. The molecule has 1 unspecified atom stereocenters. The Balaban J connectivity index is 1.65. The third-order valence-corrected chi connectivity index (χ3v) is 5.29. The quantitative estimate of drug-likeness (QED) is 0.492. The maximum Gasteiger partial charge on any atom is 0.261 e. The predicted octanol–water partition coefficient (Wildman–Crippen LogP) is 4.37. The van der Waals surface area contributed by atoms with Crippen LogP contribution in [0.4, 0.5) is 11.5 Å². The van der Waals surface area contributed by atoms with E-state index in [1.807, 2.05) is 41.1 Å².